The average molecular weight is 506 g/mol. The van der Waals surface area contributed by atoms with Gasteiger partial charge in [0.25, 0.3) is 0 Å². The van der Waals surface area contributed by atoms with Crippen LogP contribution in [0.5, 0.6) is 0 Å². The number of unbranched alkanes of at least 4 members (excludes halogenated alkanes) is 1. The van der Waals surface area contributed by atoms with Gasteiger partial charge in [-0.05, 0) is 49.0 Å². The number of aliphatic carboxylic acids is 1. The van der Waals surface area contributed by atoms with Crippen LogP contribution in [0.15, 0.2) is 59.5 Å². The van der Waals surface area contributed by atoms with Crippen LogP contribution in [0.3, 0.4) is 0 Å². The lowest BCUT2D eigenvalue weighted by Gasteiger charge is -2.23. The quantitative estimate of drug-likeness (QED) is 0.383. The van der Waals surface area contributed by atoms with Gasteiger partial charge >= 0.3 is 12.1 Å². The molecule has 4 rings (SSSR count). The molecule has 0 saturated heterocycles. The largest absolute Gasteiger partial charge is 0.492 e. The molecular weight excluding hydrogens is 479 g/mol. The van der Waals surface area contributed by atoms with Crippen molar-refractivity contribution in [1.82, 2.24) is 4.90 Å². The smallest absolute Gasteiger partial charge is 0.426 e. The number of halogens is 3. The Morgan fingerprint density at radius 1 is 1.06 bits per heavy atom. The summed E-state index contributed by atoms with van der Waals surface area (Å²) >= 11 is 0.706. The highest BCUT2D eigenvalue weighted by molar-refractivity contribution is 7.12. The number of nitrogens with zero attached hydrogens (tertiary/aromatic N) is 1. The molecule has 9 heteroatoms. The fraction of sp³-hybridized carbons (Fsp3) is 0.385. The maximum atomic E-state index is 13.6. The molecular formula is C26H26F3NO4S. The molecule has 0 spiro atoms. The molecule has 35 heavy (non-hydrogen) atoms. The number of ether oxygens (including phenoxy) is 1. The molecule has 1 amide bonds. The van der Waals surface area contributed by atoms with Crippen LogP contribution in [0.4, 0.5) is 13.2 Å². The Kier molecular flexibility index (Phi) is 7.64. The SMILES string of the molecule is O=C(O)CCCCC(=O)N1CCC2=C1CCC(OCc1cc(-c3ccccc3)c(C(F)(F)F)s1)=C2. The molecule has 0 atom stereocenters. The predicted molar refractivity (Wildman–Crippen MR) is 126 cm³/mol. The second kappa shape index (κ2) is 10.7. The minimum atomic E-state index is -4.44. The van der Waals surface area contributed by atoms with Gasteiger partial charge in [0, 0.05) is 41.9 Å². The summed E-state index contributed by atoms with van der Waals surface area (Å²) in [7, 11) is 0. The Hall–Kier alpha value is -3.07. The third kappa shape index (κ3) is 6.14. The minimum absolute atomic E-state index is 0.00450. The number of rotatable bonds is 9. The Morgan fingerprint density at radius 3 is 2.51 bits per heavy atom. The number of hydrogen-bond donors (Lipinski definition) is 1. The predicted octanol–water partition coefficient (Wildman–Crippen LogP) is 6.76. The third-order valence-electron chi connectivity index (χ3n) is 6.10. The van der Waals surface area contributed by atoms with Crippen LogP contribution in [0, 0.1) is 0 Å². The van der Waals surface area contributed by atoms with Crippen LogP contribution in [-0.2, 0) is 27.1 Å². The zero-order valence-electron chi connectivity index (χ0n) is 19.1. The van der Waals surface area contributed by atoms with E-state index in [1.165, 1.54) is 0 Å². The van der Waals surface area contributed by atoms with Crippen molar-refractivity contribution >= 4 is 23.2 Å². The van der Waals surface area contributed by atoms with Gasteiger partial charge in [0.05, 0.1) is 5.76 Å². The van der Waals surface area contributed by atoms with Gasteiger partial charge in [-0.3, -0.25) is 9.59 Å². The lowest BCUT2D eigenvalue weighted by Crippen LogP contribution is -2.28. The van der Waals surface area contributed by atoms with Gasteiger partial charge in [0.15, 0.2) is 0 Å². The summed E-state index contributed by atoms with van der Waals surface area (Å²) in [4.78, 5) is 24.8. The standard InChI is InChI=1S/C26H26F3NO4S/c27-26(28,29)25-21(17-6-2-1-3-7-17)15-20(35-25)16-34-19-10-11-22-18(14-19)12-13-30(22)23(31)8-4-5-9-24(32)33/h1-3,6-7,14-15H,4-5,8-13,16H2,(H,32,33). The number of alkyl halides is 3. The highest BCUT2D eigenvalue weighted by atomic mass is 32.1. The Labute approximate surface area is 205 Å². The van der Waals surface area contributed by atoms with Gasteiger partial charge in [-0.1, -0.05) is 30.3 Å². The van der Waals surface area contributed by atoms with Crippen molar-refractivity contribution in [2.24, 2.45) is 0 Å². The number of carbonyl (C=O) groups excluding carboxylic acids is 1. The number of benzene rings is 1. The summed E-state index contributed by atoms with van der Waals surface area (Å²) < 4.78 is 46.8. The van der Waals surface area contributed by atoms with E-state index < -0.39 is 17.0 Å². The van der Waals surface area contributed by atoms with E-state index in [-0.39, 0.29) is 24.5 Å². The zero-order valence-corrected chi connectivity index (χ0v) is 19.9. The van der Waals surface area contributed by atoms with E-state index in [1.807, 2.05) is 6.08 Å². The summed E-state index contributed by atoms with van der Waals surface area (Å²) in [5.74, 6) is -0.144. The fourth-order valence-electron chi connectivity index (χ4n) is 4.44. The van der Waals surface area contributed by atoms with Crippen LogP contribution in [-0.4, -0.2) is 28.4 Å². The molecule has 1 aliphatic heterocycles. The monoisotopic (exact) mass is 505 g/mol. The molecule has 2 heterocycles. The number of allylic oxidation sites excluding steroid dienone is 3. The highest BCUT2D eigenvalue weighted by Gasteiger charge is 2.36. The second-order valence-electron chi connectivity index (χ2n) is 8.59. The molecule has 2 aliphatic rings. The molecule has 0 bridgehead atoms. The molecule has 0 unspecified atom stereocenters. The first-order valence-electron chi connectivity index (χ1n) is 11.5. The van der Waals surface area contributed by atoms with Crippen LogP contribution in [0.25, 0.3) is 11.1 Å². The Bertz CT molecular complexity index is 1150. The average Bonchev–Trinajstić information content (AvgIpc) is 3.45. The van der Waals surface area contributed by atoms with Gasteiger partial charge in [-0.2, -0.15) is 13.2 Å². The van der Waals surface area contributed by atoms with Crippen molar-refractivity contribution in [1.29, 1.82) is 0 Å². The van der Waals surface area contributed by atoms with Gasteiger partial charge in [-0.15, -0.1) is 11.3 Å². The molecule has 5 nitrogen and oxygen atoms in total. The lowest BCUT2D eigenvalue weighted by molar-refractivity contribution is -0.137. The van der Waals surface area contributed by atoms with Crippen LogP contribution < -0.4 is 0 Å². The van der Waals surface area contributed by atoms with Gasteiger partial charge in [-0.25, -0.2) is 0 Å². The normalized spacial score (nSPS) is 15.7. The number of carboxylic acid groups (broad SMARTS) is 1. The molecule has 1 aromatic carbocycles. The highest BCUT2D eigenvalue weighted by Crippen LogP contribution is 2.43. The number of thiophene rings is 1. The maximum Gasteiger partial charge on any atom is 0.426 e. The summed E-state index contributed by atoms with van der Waals surface area (Å²) in [5.41, 5.74) is 2.69. The number of carbonyl (C=O) groups is 2. The van der Waals surface area contributed by atoms with Crippen molar-refractivity contribution in [3.05, 3.63) is 69.3 Å². The lowest BCUT2D eigenvalue weighted by atomic mass is 10.0. The van der Waals surface area contributed by atoms with E-state index in [0.29, 0.717) is 72.6 Å². The van der Waals surface area contributed by atoms with E-state index in [1.54, 1.807) is 41.3 Å². The van der Waals surface area contributed by atoms with Crippen molar-refractivity contribution in [2.75, 3.05) is 6.54 Å². The fourth-order valence-corrected chi connectivity index (χ4v) is 5.40. The first-order valence-corrected chi connectivity index (χ1v) is 12.4. The first-order chi connectivity index (χ1) is 16.7. The Morgan fingerprint density at radius 2 is 1.80 bits per heavy atom. The summed E-state index contributed by atoms with van der Waals surface area (Å²) in [6.45, 7) is 0.647. The number of hydrogen-bond acceptors (Lipinski definition) is 4. The summed E-state index contributed by atoms with van der Waals surface area (Å²) in [5, 5.41) is 8.72. The van der Waals surface area contributed by atoms with Crippen LogP contribution in [0.2, 0.25) is 0 Å². The third-order valence-corrected chi connectivity index (χ3v) is 7.26. The molecule has 1 aromatic heterocycles. The minimum Gasteiger partial charge on any atom is -0.492 e. The summed E-state index contributed by atoms with van der Waals surface area (Å²) in [6.07, 6.45) is 0.785. The van der Waals surface area contributed by atoms with Crippen LogP contribution in [0.1, 0.15) is 54.7 Å². The van der Waals surface area contributed by atoms with E-state index in [9.17, 15) is 22.8 Å². The van der Waals surface area contributed by atoms with Gasteiger partial charge < -0.3 is 14.7 Å². The van der Waals surface area contributed by atoms with Crippen molar-refractivity contribution in [3.63, 3.8) is 0 Å². The molecule has 0 radical (unpaired) electrons. The maximum absolute atomic E-state index is 13.6. The second-order valence-corrected chi connectivity index (χ2v) is 9.72. The number of carboxylic acids is 1. The van der Waals surface area contributed by atoms with Crippen molar-refractivity contribution in [2.45, 2.75) is 57.7 Å². The van der Waals surface area contributed by atoms with Gasteiger partial charge in [0.1, 0.15) is 11.5 Å². The van der Waals surface area contributed by atoms with E-state index in [2.05, 4.69) is 0 Å². The summed E-state index contributed by atoms with van der Waals surface area (Å²) in [6, 6.07) is 10.1. The molecule has 1 N–H and O–H groups in total. The molecule has 186 valence electrons. The topological polar surface area (TPSA) is 66.8 Å². The van der Waals surface area contributed by atoms with Crippen LogP contribution >= 0.6 is 11.3 Å². The molecule has 0 saturated carbocycles. The van der Waals surface area contributed by atoms with E-state index in [0.717, 1.165) is 11.3 Å². The van der Waals surface area contributed by atoms with Gasteiger partial charge in [0.2, 0.25) is 5.91 Å². The van der Waals surface area contributed by atoms with Crippen molar-refractivity contribution < 1.29 is 32.6 Å². The zero-order chi connectivity index (χ0) is 25.0. The molecule has 0 fully saturated rings. The van der Waals surface area contributed by atoms with Crippen molar-refractivity contribution in [3.8, 4) is 11.1 Å². The number of amides is 1. The molecule has 2 aromatic rings. The first kappa shape index (κ1) is 25.0. The molecule has 1 aliphatic carbocycles. The van der Waals surface area contributed by atoms with E-state index in [4.69, 9.17) is 9.84 Å². The Balaban J connectivity index is 1.40. The van der Waals surface area contributed by atoms with E-state index >= 15 is 0 Å².